The normalized spacial score (nSPS) is 27.1. The van der Waals surface area contributed by atoms with Crippen LogP contribution in [0.4, 0.5) is 0 Å². The number of thiophene rings is 1. The fourth-order valence-electron chi connectivity index (χ4n) is 2.35. The van der Waals surface area contributed by atoms with Gasteiger partial charge in [-0.1, -0.05) is 12.8 Å². The first kappa shape index (κ1) is 11.4. The van der Waals surface area contributed by atoms with Crippen LogP contribution in [0.1, 0.15) is 31.2 Å². The van der Waals surface area contributed by atoms with Crippen LogP contribution in [0.3, 0.4) is 0 Å². The molecule has 1 aliphatic rings. The number of rotatable bonds is 3. The fraction of sp³-hybridized carbons (Fsp3) is 0.667. The molecule has 1 saturated carbocycles. The summed E-state index contributed by atoms with van der Waals surface area (Å²) in [6.07, 6.45) is 5.08. The van der Waals surface area contributed by atoms with E-state index in [1.54, 1.807) is 11.3 Å². The lowest BCUT2D eigenvalue weighted by molar-refractivity contribution is 0.189. The van der Waals surface area contributed by atoms with Gasteiger partial charge in [0.05, 0.1) is 0 Å². The Labute approximate surface area is 101 Å². The van der Waals surface area contributed by atoms with E-state index < -0.39 is 0 Å². The van der Waals surface area contributed by atoms with Gasteiger partial charge in [0.15, 0.2) is 0 Å². The highest BCUT2D eigenvalue weighted by Gasteiger charge is 2.26. The number of nitrogens with zero attached hydrogens (tertiary/aromatic N) is 1. The van der Waals surface area contributed by atoms with Crippen molar-refractivity contribution in [1.29, 1.82) is 0 Å². The molecule has 0 radical (unpaired) electrons. The Morgan fingerprint density at radius 2 is 2.27 bits per heavy atom. The van der Waals surface area contributed by atoms with Crippen LogP contribution in [-0.2, 0) is 6.54 Å². The molecule has 84 valence electrons. The largest absolute Gasteiger partial charge is 0.298 e. The summed E-state index contributed by atoms with van der Waals surface area (Å²) in [5.74, 6) is 0. The monoisotopic (exact) mass is 243 g/mol. The van der Waals surface area contributed by atoms with Gasteiger partial charge >= 0.3 is 0 Å². The Morgan fingerprint density at radius 3 is 2.93 bits per heavy atom. The van der Waals surface area contributed by atoms with E-state index in [4.69, 9.17) is 11.6 Å². The summed E-state index contributed by atoms with van der Waals surface area (Å²) in [6.45, 7) is 1.04. The van der Waals surface area contributed by atoms with Gasteiger partial charge in [-0.2, -0.15) is 11.3 Å². The van der Waals surface area contributed by atoms with Gasteiger partial charge in [0.1, 0.15) is 0 Å². The second-order valence-corrected chi connectivity index (χ2v) is 5.76. The Morgan fingerprint density at radius 1 is 1.47 bits per heavy atom. The third-order valence-corrected chi connectivity index (χ3v) is 4.47. The van der Waals surface area contributed by atoms with Crippen LogP contribution >= 0.6 is 22.9 Å². The average Bonchev–Trinajstić information content (AvgIpc) is 2.71. The number of halogens is 1. The predicted octanol–water partition coefficient (Wildman–Crippen LogP) is 3.73. The van der Waals surface area contributed by atoms with E-state index in [2.05, 4.69) is 28.8 Å². The second kappa shape index (κ2) is 5.33. The van der Waals surface area contributed by atoms with Gasteiger partial charge < -0.3 is 0 Å². The minimum Gasteiger partial charge on any atom is -0.298 e. The zero-order chi connectivity index (χ0) is 10.7. The SMILES string of the molecule is CN(Cc1ccsc1)C1CCCCC1Cl. The highest BCUT2D eigenvalue weighted by atomic mass is 35.5. The lowest BCUT2D eigenvalue weighted by Gasteiger charge is -2.34. The van der Waals surface area contributed by atoms with Gasteiger partial charge in [-0.05, 0) is 42.3 Å². The van der Waals surface area contributed by atoms with Crippen molar-refractivity contribution in [2.75, 3.05) is 7.05 Å². The van der Waals surface area contributed by atoms with Crippen LogP contribution in [0.15, 0.2) is 16.8 Å². The minimum atomic E-state index is 0.349. The van der Waals surface area contributed by atoms with Gasteiger partial charge in [-0.25, -0.2) is 0 Å². The van der Waals surface area contributed by atoms with Crippen LogP contribution in [0.25, 0.3) is 0 Å². The standard InChI is InChI=1S/C12H18ClNS/c1-14(8-10-6-7-15-9-10)12-5-3-2-4-11(12)13/h6-7,9,11-12H,2-5,8H2,1H3. The zero-order valence-electron chi connectivity index (χ0n) is 9.16. The molecule has 1 aromatic heterocycles. The van der Waals surface area contributed by atoms with Gasteiger partial charge in [-0.15, -0.1) is 11.6 Å². The fourth-order valence-corrected chi connectivity index (χ4v) is 3.48. The van der Waals surface area contributed by atoms with E-state index in [9.17, 15) is 0 Å². The van der Waals surface area contributed by atoms with E-state index in [0.29, 0.717) is 11.4 Å². The smallest absolute Gasteiger partial charge is 0.0491 e. The van der Waals surface area contributed by atoms with Crippen LogP contribution in [-0.4, -0.2) is 23.4 Å². The highest BCUT2D eigenvalue weighted by Crippen LogP contribution is 2.27. The molecule has 0 N–H and O–H groups in total. The molecule has 1 nitrogen and oxygen atoms in total. The molecule has 2 atom stereocenters. The first-order chi connectivity index (χ1) is 7.27. The summed E-state index contributed by atoms with van der Waals surface area (Å²) in [6, 6.07) is 2.77. The molecule has 0 bridgehead atoms. The summed E-state index contributed by atoms with van der Waals surface area (Å²) < 4.78 is 0. The topological polar surface area (TPSA) is 3.24 Å². The third kappa shape index (κ3) is 2.96. The molecule has 2 unspecified atom stereocenters. The van der Waals surface area contributed by atoms with E-state index in [1.165, 1.54) is 31.2 Å². The summed E-state index contributed by atoms with van der Waals surface area (Å²) in [4.78, 5) is 2.42. The molecule has 1 heterocycles. The van der Waals surface area contributed by atoms with E-state index >= 15 is 0 Å². The summed E-state index contributed by atoms with van der Waals surface area (Å²) in [7, 11) is 2.20. The van der Waals surface area contributed by atoms with Gasteiger partial charge in [0.25, 0.3) is 0 Å². The molecular weight excluding hydrogens is 226 g/mol. The maximum absolute atomic E-state index is 6.38. The Balaban J connectivity index is 1.91. The molecule has 0 spiro atoms. The molecule has 0 amide bonds. The van der Waals surface area contributed by atoms with Crippen molar-refractivity contribution in [2.45, 2.75) is 43.6 Å². The molecule has 0 aliphatic heterocycles. The summed E-state index contributed by atoms with van der Waals surface area (Å²) >= 11 is 8.15. The highest BCUT2D eigenvalue weighted by molar-refractivity contribution is 7.07. The molecule has 1 aliphatic carbocycles. The molecule has 0 saturated heterocycles. The average molecular weight is 244 g/mol. The second-order valence-electron chi connectivity index (χ2n) is 4.41. The first-order valence-corrected chi connectivity index (χ1v) is 7.00. The Kier molecular flexibility index (Phi) is 4.06. The van der Waals surface area contributed by atoms with E-state index in [0.717, 1.165) is 6.54 Å². The van der Waals surface area contributed by atoms with Crippen LogP contribution in [0, 0.1) is 0 Å². The molecule has 2 rings (SSSR count). The van der Waals surface area contributed by atoms with E-state index in [1.807, 2.05) is 0 Å². The molecule has 1 aromatic rings. The van der Waals surface area contributed by atoms with Crippen molar-refractivity contribution in [3.8, 4) is 0 Å². The third-order valence-electron chi connectivity index (χ3n) is 3.23. The van der Waals surface area contributed by atoms with Crippen LogP contribution < -0.4 is 0 Å². The lowest BCUT2D eigenvalue weighted by Crippen LogP contribution is -2.40. The van der Waals surface area contributed by atoms with Crippen molar-refractivity contribution in [2.24, 2.45) is 0 Å². The van der Waals surface area contributed by atoms with Crippen molar-refractivity contribution in [1.82, 2.24) is 4.90 Å². The van der Waals surface area contributed by atoms with Crippen LogP contribution in [0.5, 0.6) is 0 Å². The summed E-state index contributed by atoms with van der Waals surface area (Å²) in [5.41, 5.74) is 1.41. The Bertz CT molecular complexity index is 286. The molecule has 3 heteroatoms. The number of hydrogen-bond acceptors (Lipinski definition) is 2. The van der Waals surface area contributed by atoms with Gasteiger partial charge in [0.2, 0.25) is 0 Å². The molecule has 15 heavy (non-hydrogen) atoms. The zero-order valence-corrected chi connectivity index (χ0v) is 10.7. The Hall–Kier alpha value is -0.0500. The molecule has 1 fully saturated rings. The van der Waals surface area contributed by atoms with Crippen molar-refractivity contribution in [3.05, 3.63) is 22.4 Å². The van der Waals surface area contributed by atoms with Crippen molar-refractivity contribution < 1.29 is 0 Å². The predicted molar refractivity (Wildman–Crippen MR) is 67.7 cm³/mol. The van der Waals surface area contributed by atoms with Crippen LogP contribution in [0.2, 0.25) is 0 Å². The summed E-state index contributed by atoms with van der Waals surface area (Å²) in [5, 5.41) is 4.72. The van der Waals surface area contributed by atoms with Crippen molar-refractivity contribution in [3.63, 3.8) is 0 Å². The van der Waals surface area contributed by atoms with Crippen molar-refractivity contribution >= 4 is 22.9 Å². The lowest BCUT2D eigenvalue weighted by atomic mass is 9.94. The minimum absolute atomic E-state index is 0.349. The maximum Gasteiger partial charge on any atom is 0.0491 e. The van der Waals surface area contributed by atoms with Gasteiger partial charge in [-0.3, -0.25) is 4.90 Å². The number of alkyl halides is 1. The quantitative estimate of drug-likeness (QED) is 0.732. The first-order valence-electron chi connectivity index (χ1n) is 5.63. The van der Waals surface area contributed by atoms with E-state index in [-0.39, 0.29) is 0 Å². The van der Waals surface area contributed by atoms with Gasteiger partial charge in [0, 0.05) is 18.0 Å². The number of hydrogen-bond donors (Lipinski definition) is 0. The maximum atomic E-state index is 6.38. The molecular formula is C12H18ClNS. The molecule has 0 aromatic carbocycles.